The zero-order valence-electron chi connectivity index (χ0n) is 13.7. The van der Waals surface area contributed by atoms with Gasteiger partial charge < -0.3 is 19.5 Å². The molecule has 0 amide bonds. The van der Waals surface area contributed by atoms with Gasteiger partial charge in [-0.25, -0.2) is 0 Å². The van der Waals surface area contributed by atoms with Crippen LogP contribution in [0.15, 0.2) is 0 Å². The summed E-state index contributed by atoms with van der Waals surface area (Å²) in [5, 5.41) is 3.04. The fourth-order valence-corrected chi connectivity index (χ4v) is 1.51. The maximum atomic E-state index is 10.8. The maximum Gasteiger partial charge on any atom is 0.155 e. The third-order valence-electron chi connectivity index (χ3n) is 2.93. The van der Waals surface area contributed by atoms with Crippen molar-refractivity contribution in [2.75, 3.05) is 40.0 Å². The molecule has 0 fully saturated rings. The van der Waals surface area contributed by atoms with E-state index in [1.54, 1.807) is 0 Å². The van der Waals surface area contributed by atoms with Crippen LogP contribution in [0.2, 0.25) is 0 Å². The van der Waals surface area contributed by atoms with E-state index in [4.69, 9.17) is 14.2 Å². The van der Waals surface area contributed by atoms with Crippen LogP contribution in [0.3, 0.4) is 0 Å². The Labute approximate surface area is 123 Å². The summed E-state index contributed by atoms with van der Waals surface area (Å²) < 4.78 is 16.7. The summed E-state index contributed by atoms with van der Waals surface area (Å²) in [7, 11) is 1.91. The van der Waals surface area contributed by atoms with E-state index in [-0.39, 0.29) is 24.1 Å². The molecule has 0 saturated carbocycles. The van der Waals surface area contributed by atoms with Crippen molar-refractivity contribution in [3.8, 4) is 0 Å². The molecule has 20 heavy (non-hydrogen) atoms. The average Bonchev–Trinajstić information content (AvgIpc) is 2.36. The highest BCUT2D eigenvalue weighted by Gasteiger charge is 2.18. The van der Waals surface area contributed by atoms with Crippen LogP contribution in [0.25, 0.3) is 0 Å². The Morgan fingerprint density at radius 2 is 1.95 bits per heavy atom. The Kier molecular flexibility index (Phi) is 10.9. The van der Waals surface area contributed by atoms with Gasteiger partial charge in [0.1, 0.15) is 6.61 Å². The summed E-state index contributed by atoms with van der Waals surface area (Å²) >= 11 is 0. The van der Waals surface area contributed by atoms with Gasteiger partial charge in [0.05, 0.1) is 18.3 Å². The fraction of sp³-hybridized carbons (Fsp3) is 0.933. The molecule has 120 valence electrons. The molecular formula is C15H31NO4. The van der Waals surface area contributed by atoms with Gasteiger partial charge in [-0.05, 0) is 47.6 Å². The van der Waals surface area contributed by atoms with Crippen LogP contribution in [-0.2, 0) is 19.0 Å². The zero-order valence-corrected chi connectivity index (χ0v) is 13.7. The molecule has 0 aliphatic heterocycles. The fourth-order valence-electron chi connectivity index (χ4n) is 1.51. The lowest BCUT2D eigenvalue weighted by Gasteiger charge is -2.26. The zero-order chi connectivity index (χ0) is 15.4. The van der Waals surface area contributed by atoms with E-state index >= 15 is 0 Å². The van der Waals surface area contributed by atoms with Crippen LogP contribution in [-0.4, -0.2) is 57.5 Å². The lowest BCUT2D eigenvalue weighted by molar-refractivity contribution is -0.124. The number of nitrogens with one attached hydrogen (secondary N) is 1. The van der Waals surface area contributed by atoms with Crippen molar-refractivity contribution in [1.29, 1.82) is 0 Å². The van der Waals surface area contributed by atoms with E-state index in [9.17, 15) is 4.79 Å². The number of hydrogen-bond acceptors (Lipinski definition) is 5. The smallest absolute Gasteiger partial charge is 0.155 e. The Morgan fingerprint density at radius 1 is 1.25 bits per heavy atom. The SMILES string of the molecule is CNCCOCCC(C)(C)OCCC(C)OCC(C)=O. The minimum atomic E-state index is -0.195. The van der Waals surface area contributed by atoms with Gasteiger partial charge in [-0.2, -0.15) is 0 Å². The number of likely N-dealkylation sites (N-methyl/N-ethyl adjacent to an activating group) is 1. The van der Waals surface area contributed by atoms with Crippen molar-refractivity contribution in [3.05, 3.63) is 0 Å². The standard InChI is InChI=1S/C15H31NO4/c1-13(17)12-19-14(2)6-9-20-15(3,4)7-10-18-11-8-16-5/h14,16H,6-12H2,1-5H3. The van der Waals surface area contributed by atoms with E-state index in [1.807, 2.05) is 14.0 Å². The summed E-state index contributed by atoms with van der Waals surface area (Å²) in [4.78, 5) is 10.8. The Morgan fingerprint density at radius 3 is 2.55 bits per heavy atom. The minimum Gasteiger partial charge on any atom is -0.380 e. The van der Waals surface area contributed by atoms with Crippen LogP contribution in [0, 0.1) is 0 Å². The predicted octanol–water partition coefficient (Wildman–Crippen LogP) is 1.79. The average molecular weight is 289 g/mol. The van der Waals surface area contributed by atoms with Gasteiger partial charge in [-0.3, -0.25) is 4.79 Å². The topological polar surface area (TPSA) is 56.8 Å². The van der Waals surface area contributed by atoms with E-state index in [0.717, 1.165) is 26.0 Å². The van der Waals surface area contributed by atoms with E-state index in [0.29, 0.717) is 13.2 Å². The first-order chi connectivity index (χ1) is 9.37. The van der Waals surface area contributed by atoms with E-state index < -0.39 is 0 Å². The molecule has 0 spiro atoms. The Bertz CT molecular complexity index is 256. The van der Waals surface area contributed by atoms with Gasteiger partial charge in [0, 0.05) is 19.8 Å². The number of ether oxygens (including phenoxy) is 3. The molecule has 0 bridgehead atoms. The third-order valence-corrected chi connectivity index (χ3v) is 2.93. The molecule has 0 aromatic carbocycles. The molecule has 0 rings (SSSR count). The second-order valence-electron chi connectivity index (χ2n) is 5.69. The second kappa shape index (κ2) is 11.2. The molecule has 0 saturated heterocycles. The molecule has 0 heterocycles. The number of rotatable bonds is 13. The highest BCUT2D eigenvalue weighted by molar-refractivity contribution is 5.76. The van der Waals surface area contributed by atoms with Crippen molar-refractivity contribution < 1.29 is 19.0 Å². The summed E-state index contributed by atoms with van der Waals surface area (Å²) in [6, 6.07) is 0. The second-order valence-corrected chi connectivity index (χ2v) is 5.69. The van der Waals surface area contributed by atoms with Gasteiger partial charge in [0.2, 0.25) is 0 Å². The largest absolute Gasteiger partial charge is 0.380 e. The van der Waals surface area contributed by atoms with Crippen LogP contribution in [0.5, 0.6) is 0 Å². The van der Waals surface area contributed by atoms with Gasteiger partial charge in [0.15, 0.2) is 5.78 Å². The Balaban J connectivity index is 3.62. The quantitative estimate of drug-likeness (QED) is 0.524. The summed E-state index contributed by atoms with van der Waals surface area (Å²) in [5.41, 5.74) is -0.195. The first-order valence-corrected chi connectivity index (χ1v) is 7.34. The van der Waals surface area contributed by atoms with Crippen molar-refractivity contribution in [3.63, 3.8) is 0 Å². The van der Waals surface area contributed by atoms with Crippen LogP contribution in [0.1, 0.15) is 40.5 Å². The number of carbonyl (C=O) groups is 1. The molecule has 0 aliphatic rings. The molecular weight excluding hydrogens is 258 g/mol. The van der Waals surface area contributed by atoms with Gasteiger partial charge >= 0.3 is 0 Å². The van der Waals surface area contributed by atoms with Crippen molar-refractivity contribution in [1.82, 2.24) is 5.32 Å². The van der Waals surface area contributed by atoms with E-state index in [2.05, 4.69) is 19.2 Å². The molecule has 1 unspecified atom stereocenters. The van der Waals surface area contributed by atoms with Crippen LogP contribution in [0.4, 0.5) is 0 Å². The molecule has 0 aromatic heterocycles. The highest BCUT2D eigenvalue weighted by Crippen LogP contribution is 2.15. The number of carbonyl (C=O) groups excluding carboxylic acids is 1. The lowest BCUT2D eigenvalue weighted by Crippen LogP contribution is -2.28. The summed E-state index contributed by atoms with van der Waals surface area (Å²) in [6.07, 6.45) is 1.69. The molecule has 5 heteroatoms. The highest BCUT2D eigenvalue weighted by atomic mass is 16.5. The van der Waals surface area contributed by atoms with Crippen LogP contribution < -0.4 is 5.32 Å². The first-order valence-electron chi connectivity index (χ1n) is 7.34. The maximum absolute atomic E-state index is 10.8. The van der Waals surface area contributed by atoms with E-state index in [1.165, 1.54) is 6.92 Å². The van der Waals surface area contributed by atoms with Crippen molar-refractivity contribution >= 4 is 5.78 Å². The van der Waals surface area contributed by atoms with Crippen molar-refractivity contribution in [2.24, 2.45) is 0 Å². The number of ketones is 1. The first kappa shape index (κ1) is 19.5. The molecule has 0 aliphatic carbocycles. The molecule has 1 N–H and O–H groups in total. The Hall–Kier alpha value is -0.490. The van der Waals surface area contributed by atoms with Gasteiger partial charge in [0.25, 0.3) is 0 Å². The number of Topliss-reactive ketones (excluding diaryl/α,β-unsaturated/α-hetero) is 1. The number of hydrogen-bond donors (Lipinski definition) is 1. The monoisotopic (exact) mass is 289 g/mol. The van der Waals surface area contributed by atoms with Crippen molar-refractivity contribution in [2.45, 2.75) is 52.2 Å². The molecule has 5 nitrogen and oxygen atoms in total. The normalized spacial score (nSPS) is 13.4. The molecule has 0 aromatic rings. The lowest BCUT2D eigenvalue weighted by atomic mass is 10.1. The predicted molar refractivity (Wildman–Crippen MR) is 80.1 cm³/mol. The van der Waals surface area contributed by atoms with Gasteiger partial charge in [-0.1, -0.05) is 0 Å². The van der Waals surface area contributed by atoms with Crippen LogP contribution >= 0.6 is 0 Å². The summed E-state index contributed by atoms with van der Waals surface area (Å²) in [6.45, 7) is 10.7. The molecule has 0 radical (unpaired) electrons. The third kappa shape index (κ3) is 12.5. The van der Waals surface area contributed by atoms with Gasteiger partial charge in [-0.15, -0.1) is 0 Å². The summed E-state index contributed by atoms with van der Waals surface area (Å²) in [5.74, 6) is 0.0526. The minimum absolute atomic E-state index is 0.0431. The molecule has 1 atom stereocenters.